The molecule has 3 aromatic rings. The van der Waals surface area contributed by atoms with Crippen LogP contribution in [0.1, 0.15) is 117 Å². The number of H-pyrrole nitrogens is 1. The highest BCUT2D eigenvalue weighted by Gasteiger charge is 2.25. The van der Waals surface area contributed by atoms with Gasteiger partial charge < -0.3 is 14.6 Å². The average Bonchev–Trinajstić information content (AvgIpc) is 3.54. The zero-order chi connectivity index (χ0) is 32.1. The molecule has 0 fully saturated rings. The second kappa shape index (κ2) is 17.3. The number of aromatic nitrogens is 4. The van der Waals surface area contributed by atoms with Crippen LogP contribution in [0.3, 0.4) is 0 Å². The van der Waals surface area contributed by atoms with Crippen LogP contribution in [0.2, 0.25) is 5.02 Å². The molecule has 11 heteroatoms. The van der Waals surface area contributed by atoms with Gasteiger partial charge in [-0.2, -0.15) is 4.63 Å². The fourth-order valence-electron chi connectivity index (χ4n) is 4.87. The molecule has 0 saturated heterocycles. The number of hydrogen-bond donors (Lipinski definition) is 3. The number of phenolic OH excluding ortho intramolecular Hbond substituents is 1. The van der Waals surface area contributed by atoms with Crippen LogP contribution in [0, 0.1) is 5.92 Å². The molecule has 0 aliphatic rings. The van der Waals surface area contributed by atoms with E-state index in [0.29, 0.717) is 28.7 Å². The van der Waals surface area contributed by atoms with Crippen LogP contribution in [0.15, 0.2) is 18.2 Å². The molecule has 0 saturated carbocycles. The second-order valence-corrected chi connectivity index (χ2v) is 13.0. The molecule has 2 heterocycles. The van der Waals surface area contributed by atoms with Crippen molar-refractivity contribution in [1.82, 2.24) is 19.8 Å². The number of phenols is 1. The first-order valence-electron chi connectivity index (χ1n) is 16.1. The van der Waals surface area contributed by atoms with Gasteiger partial charge in [-0.05, 0) is 31.5 Å². The van der Waals surface area contributed by atoms with Gasteiger partial charge in [0.2, 0.25) is 0 Å². The average molecular weight is 632 g/mol. The molecule has 1 aromatic carbocycles. The summed E-state index contributed by atoms with van der Waals surface area (Å²) in [4.78, 5) is 29.3. The summed E-state index contributed by atoms with van der Waals surface area (Å²) in [6, 6.07) is 4.60. The van der Waals surface area contributed by atoms with Crippen LogP contribution in [0.5, 0.6) is 5.75 Å². The quantitative estimate of drug-likeness (QED) is 0.0726. The number of aromatic amines is 1. The summed E-state index contributed by atoms with van der Waals surface area (Å²) >= 11 is 6.53. The zero-order valence-electron chi connectivity index (χ0n) is 27.0. The van der Waals surface area contributed by atoms with E-state index in [0.717, 1.165) is 25.0 Å². The maximum absolute atomic E-state index is 12.4. The Morgan fingerprint density at radius 2 is 1.61 bits per heavy atom. The minimum Gasteiger partial charge on any atom is -0.506 e. The SMILES string of the molecule is CCCCCCCCCCCCCCOC(=O)C(C)COC(=O)Nc1cc(-c2nc3c(Cl)c(C(C)(C)C)[nH]n3n2)ccc1O. The first kappa shape index (κ1) is 35.2. The summed E-state index contributed by atoms with van der Waals surface area (Å²) < 4.78 is 12.1. The molecule has 2 aromatic heterocycles. The number of halogens is 1. The van der Waals surface area contributed by atoms with Gasteiger partial charge in [-0.15, -0.1) is 5.10 Å². The lowest BCUT2D eigenvalue weighted by molar-refractivity contribution is -0.149. The van der Waals surface area contributed by atoms with Crippen molar-refractivity contribution in [1.29, 1.82) is 0 Å². The molecule has 0 spiro atoms. The number of hydrogen-bond acceptors (Lipinski definition) is 7. The molecular formula is C33H50ClN5O5. The topological polar surface area (TPSA) is 131 Å². The van der Waals surface area contributed by atoms with Crippen LogP contribution in [-0.2, 0) is 19.7 Å². The Labute approximate surface area is 266 Å². The van der Waals surface area contributed by atoms with Crippen LogP contribution < -0.4 is 5.32 Å². The van der Waals surface area contributed by atoms with Gasteiger partial charge in [0.05, 0.1) is 23.9 Å². The number of esters is 1. The molecule has 1 amide bonds. The Kier molecular flexibility index (Phi) is 13.8. The van der Waals surface area contributed by atoms with Crippen LogP contribution >= 0.6 is 11.6 Å². The second-order valence-electron chi connectivity index (χ2n) is 12.6. The monoisotopic (exact) mass is 631 g/mol. The predicted octanol–water partition coefficient (Wildman–Crippen LogP) is 8.81. The Balaban J connectivity index is 1.35. The Morgan fingerprint density at radius 1 is 1.00 bits per heavy atom. The van der Waals surface area contributed by atoms with Crippen molar-refractivity contribution in [2.24, 2.45) is 5.92 Å². The van der Waals surface area contributed by atoms with Gasteiger partial charge in [-0.3, -0.25) is 15.2 Å². The predicted molar refractivity (Wildman–Crippen MR) is 174 cm³/mol. The van der Waals surface area contributed by atoms with E-state index in [2.05, 4.69) is 27.4 Å². The molecule has 0 bridgehead atoms. The summed E-state index contributed by atoms with van der Waals surface area (Å²) in [5.74, 6) is -0.808. The molecule has 0 radical (unpaired) electrons. The van der Waals surface area contributed by atoms with Crippen molar-refractivity contribution in [3.8, 4) is 17.1 Å². The van der Waals surface area contributed by atoms with Crippen molar-refractivity contribution < 1.29 is 24.2 Å². The molecule has 244 valence electrons. The minimum atomic E-state index is -0.805. The maximum Gasteiger partial charge on any atom is 0.411 e. The molecule has 3 rings (SSSR count). The largest absolute Gasteiger partial charge is 0.506 e. The number of anilines is 1. The number of carbonyl (C=O) groups is 2. The summed E-state index contributed by atoms with van der Waals surface area (Å²) in [6.07, 6.45) is 14.1. The number of unbranched alkanes of at least 4 members (excludes halogenated alkanes) is 11. The lowest BCUT2D eigenvalue weighted by atomic mass is 9.92. The molecule has 10 nitrogen and oxygen atoms in total. The van der Waals surface area contributed by atoms with Crippen LogP contribution in [0.25, 0.3) is 17.0 Å². The van der Waals surface area contributed by atoms with E-state index in [9.17, 15) is 14.7 Å². The van der Waals surface area contributed by atoms with Crippen molar-refractivity contribution in [2.45, 2.75) is 117 Å². The molecule has 44 heavy (non-hydrogen) atoms. The van der Waals surface area contributed by atoms with Gasteiger partial charge in [-0.1, -0.05) is 110 Å². The molecular weight excluding hydrogens is 582 g/mol. The number of amides is 1. The summed E-state index contributed by atoms with van der Waals surface area (Å²) in [5, 5.41) is 20.9. The zero-order valence-corrected chi connectivity index (χ0v) is 27.8. The number of ether oxygens (including phenoxy) is 2. The molecule has 1 unspecified atom stereocenters. The Hall–Kier alpha value is -3.27. The van der Waals surface area contributed by atoms with Crippen molar-refractivity contribution in [3.05, 3.63) is 28.9 Å². The highest BCUT2D eigenvalue weighted by Crippen LogP contribution is 2.33. The Morgan fingerprint density at radius 3 is 2.20 bits per heavy atom. The van der Waals surface area contributed by atoms with E-state index in [-0.39, 0.29) is 23.5 Å². The number of benzene rings is 1. The van der Waals surface area contributed by atoms with Gasteiger partial charge >= 0.3 is 12.1 Å². The third-order valence-electron chi connectivity index (χ3n) is 7.59. The van der Waals surface area contributed by atoms with Crippen molar-refractivity contribution in [3.63, 3.8) is 0 Å². The molecule has 0 aliphatic heterocycles. The van der Waals surface area contributed by atoms with Crippen molar-refractivity contribution in [2.75, 3.05) is 18.5 Å². The lowest BCUT2D eigenvalue weighted by Gasteiger charge is -2.16. The lowest BCUT2D eigenvalue weighted by Crippen LogP contribution is -2.24. The smallest absolute Gasteiger partial charge is 0.411 e. The van der Waals surface area contributed by atoms with Gasteiger partial charge in [0.1, 0.15) is 17.4 Å². The van der Waals surface area contributed by atoms with E-state index in [1.54, 1.807) is 13.0 Å². The van der Waals surface area contributed by atoms with Crippen molar-refractivity contribution >= 4 is 35.0 Å². The fourth-order valence-corrected chi connectivity index (χ4v) is 5.31. The van der Waals surface area contributed by atoms with Gasteiger partial charge in [0.15, 0.2) is 11.5 Å². The van der Waals surface area contributed by atoms with Gasteiger partial charge in [-0.25, -0.2) is 9.78 Å². The minimum absolute atomic E-state index is 0.120. The van der Waals surface area contributed by atoms with Crippen LogP contribution in [-0.4, -0.2) is 50.2 Å². The number of nitrogens with zero attached hydrogens (tertiary/aromatic N) is 3. The van der Waals surface area contributed by atoms with E-state index >= 15 is 0 Å². The number of nitrogens with one attached hydrogen (secondary N) is 2. The normalized spacial score (nSPS) is 12.4. The molecule has 0 aliphatic carbocycles. The first-order valence-corrected chi connectivity index (χ1v) is 16.5. The number of rotatable bonds is 18. The summed E-state index contributed by atoms with van der Waals surface area (Å²) in [5.41, 5.74) is 1.76. The third kappa shape index (κ3) is 10.7. The highest BCUT2D eigenvalue weighted by atomic mass is 35.5. The first-order chi connectivity index (χ1) is 21.0. The van der Waals surface area contributed by atoms with Gasteiger partial charge in [0.25, 0.3) is 0 Å². The maximum atomic E-state index is 12.4. The molecule has 1 atom stereocenters. The number of carbonyl (C=O) groups excluding carboxylic acids is 2. The summed E-state index contributed by atoms with van der Waals surface area (Å²) in [6.45, 7) is 10.2. The highest BCUT2D eigenvalue weighted by molar-refractivity contribution is 6.34. The van der Waals surface area contributed by atoms with Gasteiger partial charge in [0, 0.05) is 11.0 Å². The summed E-state index contributed by atoms with van der Waals surface area (Å²) in [7, 11) is 0. The van der Waals surface area contributed by atoms with E-state index < -0.39 is 18.0 Å². The van der Waals surface area contributed by atoms with E-state index in [1.807, 2.05) is 20.8 Å². The fraction of sp³-hybridized carbons (Fsp3) is 0.636. The van der Waals surface area contributed by atoms with Crippen LogP contribution in [0.4, 0.5) is 10.5 Å². The third-order valence-corrected chi connectivity index (χ3v) is 7.95. The van der Waals surface area contributed by atoms with E-state index in [4.69, 9.17) is 21.1 Å². The van der Waals surface area contributed by atoms with E-state index in [1.165, 1.54) is 74.6 Å². The number of fused-ring (bicyclic) bond motifs is 1. The Bertz CT molecular complexity index is 1350. The standard InChI is InChI=1S/C33H50ClN5O5/c1-6-7-8-9-10-11-12-13-14-15-16-17-20-43-31(41)23(2)22-44-32(42)35-25-21-24(18-19-26(25)40)29-36-30-27(34)28(33(3,4)5)37-39(30)38-29/h18-19,21,23,37,40H,6-17,20,22H2,1-5H3,(H,35,42). The number of aromatic hydroxyl groups is 1. The molecule has 3 N–H and O–H groups in total.